The summed E-state index contributed by atoms with van der Waals surface area (Å²) < 4.78 is 26.1. The smallest absolute Gasteiger partial charge is 0.268 e. The van der Waals surface area contributed by atoms with Crippen molar-refractivity contribution in [1.29, 1.82) is 0 Å². The van der Waals surface area contributed by atoms with E-state index in [4.69, 9.17) is 4.74 Å². The zero-order valence-electron chi connectivity index (χ0n) is 14.8. The number of hydrogen-bond acceptors (Lipinski definition) is 6. The topological polar surface area (TPSA) is 92.5 Å². The van der Waals surface area contributed by atoms with Gasteiger partial charge in [-0.1, -0.05) is 39.0 Å². The molecule has 140 valence electrons. The second-order valence-electron chi connectivity index (χ2n) is 6.03. The molecule has 0 radical (unpaired) electrons. The van der Waals surface area contributed by atoms with Crippen LogP contribution >= 0.6 is 7.82 Å². The Morgan fingerprint density at radius 3 is 2.35 bits per heavy atom. The number of unbranched alkanes of at least 4 members (excludes halogenated alkanes) is 5. The molecule has 8 heteroatoms. The normalized spacial score (nSPS) is 15.7. The van der Waals surface area contributed by atoms with Gasteiger partial charge in [-0.2, -0.15) is 0 Å². The number of rotatable bonds is 16. The van der Waals surface area contributed by atoms with Gasteiger partial charge in [0.15, 0.2) is 0 Å². The van der Waals surface area contributed by atoms with Gasteiger partial charge in [0.05, 0.1) is 27.3 Å². The summed E-state index contributed by atoms with van der Waals surface area (Å²) in [5, 5.41) is 9.63. The fourth-order valence-corrected chi connectivity index (χ4v) is 2.57. The van der Waals surface area contributed by atoms with Gasteiger partial charge in [-0.15, -0.1) is 0 Å². The third-order valence-corrected chi connectivity index (χ3v) is 4.19. The average Bonchev–Trinajstić information content (AvgIpc) is 2.47. The van der Waals surface area contributed by atoms with E-state index in [0.717, 1.165) is 17.7 Å². The summed E-state index contributed by atoms with van der Waals surface area (Å²) >= 11 is 0. The first-order valence-corrected chi connectivity index (χ1v) is 9.98. The van der Waals surface area contributed by atoms with Crippen LogP contribution in [-0.4, -0.2) is 58.3 Å². The van der Waals surface area contributed by atoms with Crippen LogP contribution in [0.5, 0.6) is 0 Å². The molecule has 0 aromatic heterocycles. The molecule has 0 heterocycles. The van der Waals surface area contributed by atoms with Crippen molar-refractivity contribution in [2.24, 2.45) is 0 Å². The lowest BCUT2D eigenvalue weighted by Crippen LogP contribution is -3.06. The Morgan fingerprint density at radius 2 is 1.70 bits per heavy atom. The minimum atomic E-state index is -4.34. The van der Waals surface area contributed by atoms with E-state index in [2.05, 4.69) is 16.0 Å². The summed E-state index contributed by atoms with van der Waals surface area (Å²) in [6.07, 6.45) is 6.05. The van der Waals surface area contributed by atoms with Crippen LogP contribution in [0.4, 0.5) is 0 Å². The lowest BCUT2D eigenvalue weighted by Gasteiger charge is -2.24. The molecule has 0 aliphatic carbocycles. The van der Waals surface area contributed by atoms with Crippen molar-refractivity contribution in [2.45, 2.75) is 51.6 Å². The van der Waals surface area contributed by atoms with Crippen molar-refractivity contribution in [3.63, 3.8) is 0 Å². The molecule has 23 heavy (non-hydrogen) atoms. The first-order valence-electron chi connectivity index (χ1n) is 8.52. The van der Waals surface area contributed by atoms with E-state index in [1.165, 1.54) is 25.7 Å². The van der Waals surface area contributed by atoms with Crippen LogP contribution in [0.1, 0.15) is 45.4 Å². The number of phosphoric acid groups is 1. The fourth-order valence-electron chi connectivity index (χ4n) is 1.83. The van der Waals surface area contributed by atoms with Crippen molar-refractivity contribution in [3.05, 3.63) is 0 Å². The molecule has 0 saturated carbocycles. The van der Waals surface area contributed by atoms with Crippen molar-refractivity contribution >= 4 is 7.82 Å². The molecule has 2 unspecified atom stereocenters. The SMILES string of the molecule is CCCCCCCCOCC(O)COP(=O)([O-])OCC[NH+](C)C. The highest BCUT2D eigenvalue weighted by Gasteiger charge is 2.13. The van der Waals surface area contributed by atoms with Crippen molar-refractivity contribution in [1.82, 2.24) is 0 Å². The molecule has 0 spiro atoms. The average molecular weight is 355 g/mol. The maximum absolute atomic E-state index is 11.4. The Kier molecular flexibility index (Phi) is 14.3. The number of aliphatic hydroxyl groups excluding tert-OH is 1. The van der Waals surface area contributed by atoms with Crippen molar-refractivity contribution in [2.75, 3.05) is 47.1 Å². The van der Waals surface area contributed by atoms with E-state index in [0.29, 0.717) is 13.2 Å². The van der Waals surface area contributed by atoms with E-state index < -0.39 is 13.9 Å². The first-order chi connectivity index (χ1) is 10.9. The molecule has 0 aromatic rings. The van der Waals surface area contributed by atoms with Gasteiger partial charge >= 0.3 is 0 Å². The van der Waals surface area contributed by atoms with Crippen LogP contribution in [0.15, 0.2) is 0 Å². The van der Waals surface area contributed by atoms with Gasteiger partial charge in [-0.3, -0.25) is 4.57 Å². The van der Waals surface area contributed by atoms with E-state index >= 15 is 0 Å². The summed E-state index contributed by atoms with van der Waals surface area (Å²) in [5.41, 5.74) is 0. The lowest BCUT2D eigenvalue weighted by atomic mass is 10.1. The zero-order valence-corrected chi connectivity index (χ0v) is 15.7. The highest BCUT2D eigenvalue weighted by atomic mass is 31.2. The Bertz CT molecular complexity index is 316. The van der Waals surface area contributed by atoms with Crippen molar-refractivity contribution < 1.29 is 33.2 Å². The maximum atomic E-state index is 11.4. The standard InChI is InChI=1S/C15H34NO6P/c1-4-5-6-7-8-9-11-20-13-15(17)14-22-23(18,19)21-12-10-16(2)3/h15,17H,4-14H2,1-3H3,(H,18,19). The molecule has 0 aliphatic heterocycles. The Labute approximate surface area is 140 Å². The van der Waals surface area contributed by atoms with Gasteiger partial charge in [0.1, 0.15) is 19.3 Å². The minimum absolute atomic E-state index is 0.0632. The van der Waals surface area contributed by atoms with Crippen LogP contribution in [0, 0.1) is 0 Å². The molecule has 2 N–H and O–H groups in total. The number of nitrogens with one attached hydrogen (secondary N) is 1. The van der Waals surface area contributed by atoms with Crippen molar-refractivity contribution in [3.8, 4) is 0 Å². The molecule has 0 amide bonds. The van der Waals surface area contributed by atoms with E-state index in [-0.39, 0.29) is 19.8 Å². The Hall–Kier alpha value is -0.0100. The summed E-state index contributed by atoms with van der Waals surface area (Å²) in [4.78, 5) is 12.5. The molecule has 7 nitrogen and oxygen atoms in total. The van der Waals surface area contributed by atoms with Gasteiger partial charge in [-0.25, -0.2) is 0 Å². The second-order valence-corrected chi connectivity index (χ2v) is 7.44. The monoisotopic (exact) mass is 355 g/mol. The minimum Gasteiger partial charge on any atom is -0.756 e. The summed E-state index contributed by atoms with van der Waals surface area (Å²) in [6, 6.07) is 0. The Morgan fingerprint density at radius 1 is 1.04 bits per heavy atom. The maximum Gasteiger partial charge on any atom is 0.268 e. The van der Waals surface area contributed by atoms with Gasteiger partial charge in [-0.05, 0) is 6.42 Å². The van der Waals surface area contributed by atoms with Gasteiger partial charge in [0, 0.05) is 6.61 Å². The van der Waals surface area contributed by atoms with E-state index in [9.17, 15) is 14.6 Å². The zero-order chi connectivity index (χ0) is 17.6. The number of aliphatic hydroxyl groups is 1. The molecule has 0 aliphatic rings. The van der Waals surface area contributed by atoms with E-state index in [1.54, 1.807) is 0 Å². The fraction of sp³-hybridized carbons (Fsp3) is 1.00. The third kappa shape index (κ3) is 16.6. The van der Waals surface area contributed by atoms with Gasteiger partial charge in [0.2, 0.25) is 0 Å². The molecular weight excluding hydrogens is 321 g/mol. The van der Waals surface area contributed by atoms with Crippen LogP contribution in [0.2, 0.25) is 0 Å². The van der Waals surface area contributed by atoms with Crippen LogP contribution < -0.4 is 9.79 Å². The highest BCUT2D eigenvalue weighted by Crippen LogP contribution is 2.37. The summed E-state index contributed by atoms with van der Waals surface area (Å²) in [5.74, 6) is 0. The molecule has 2 atom stereocenters. The highest BCUT2D eigenvalue weighted by molar-refractivity contribution is 7.45. The Balaban J connectivity index is 3.54. The van der Waals surface area contributed by atoms with Crippen LogP contribution in [0.25, 0.3) is 0 Å². The van der Waals surface area contributed by atoms with Gasteiger partial charge < -0.3 is 28.7 Å². The number of hydrogen-bond donors (Lipinski definition) is 2. The van der Waals surface area contributed by atoms with Gasteiger partial charge in [0.25, 0.3) is 7.82 Å². The molecule has 0 saturated heterocycles. The lowest BCUT2D eigenvalue weighted by molar-refractivity contribution is -0.858. The second kappa shape index (κ2) is 14.3. The molecular formula is C15H34NO6P. The molecule has 0 aromatic carbocycles. The van der Waals surface area contributed by atoms with Crippen LogP contribution in [-0.2, 0) is 18.3 Å². The summed E-state index contributed by atoms with van der Waals surface area (Å²) in [6.45, 7) is 3.10. The largest absolute Gasteiger partial charge is 0.756 e. The van der Waals surface area contributed by atoms with Crippen LogP contribution in [0.3, 0.4) is 0 Å². The predicted molar refractivity (Wildman–Crippen MR) is 87.4 cm³/mol. The van der Waals surface area contributed by atoms with E-state index in [1.807, 2.05) is 14.1 Å². The first kappa shape index (κ1) is 23.0. The number of ether oxygens (including phenoxy) is 1. The predicted octanol–water partition coefficient (Wildman–Crippen LogP) is 0.371. The number of likely N-dealkylation sites (N-methyl/N-ethyl adjacent to an activating group) is 1. The molecule has 0 rings (SSSR count). The molecule has 0 bridgehead atoms. The number of phosphoric ester groups is 1. The number of quaternary nitrogens is 1. The molecule has 0 fully saturated rings. The quantitative estimate of drug-likeness (QED) is 0.307. The third-order valence-electron chi connectivity index (χ3n) is 3.23. The summed E-state index contributed by atoms with van der Waals surface area (Å²) in [7, 11) is -0.555.